The number of halogens is 2. The van der Waals surface area contributed by atoms with Gasteiger partial charge in [0.25, 0.3) is 10.0 Å². The van der Waals surface area contributed by atoms with Crippen molar-refractivity contribution in [3.8, 4) is 0 Å². The molecular weight excluding hydrogens is 404 g/mol. The van der Waals surface area contributed by atoms with Gasteiger partial charge in [0.05, 0.1) is 9.47 Å². The van der Waals surface area contributed by atoms with Crippen LogP contribution in [0.15, 0.2) is 42.8 Å². The quantitative estimate of drug-likeness (QED) is 0.757. The van der Waals surface area contributed by atoms with E-state index in [4.69, 9.17) is 5.73 Å². The molecular formula is C10H8Br2N2O2S2. The lowest BCUT2D eigenvalue weighted by atomic mass is 10.3. The number of hydrogen-bond acceptors (Lipinski definition) is 4. The topological polar surface area (TPSA) is 72.2 Å². The van der Waals surface area contributed by atoms with E-state index in [0.29, 0.717) is 15.8 Å². The van der Waals surface area contributed by atoms with Crippen molar-refractivity contribution in [2.75, 3.05) is 10.5 Å². The Morgan fingerprint density at radius 1 is 1.17 bits per heavy atom. The molecule has 0 radical (unpaired) electrons. The van der Waals surface area contributed by atoms with Crippen LogP contribution >= 0.6 is 43.2 Å². The molecule has 0 atom stereocenters. The SMILES string of the molecule is Nc1ccc(NS(=O)(=O)c2ccc(Br)s2)cc1Br. The number of rotatable bonds is 3. The number of nitrogens with two attached hydrogens (primary N) is 1. The standard InChI is InChI=1S/C10H8Br2N2O2S2/c11-7-5-6(1-2-8(7)13)14-18(15,16)10-4-3-9(12)17-10/h1-5,14H,13H2. The molecule has 0 unspecified atom stereocenters. The number of sulfonamides is 1. The van der Waals surface area contributed by atoms with Crippen molar-refractivity contribution in [3.63, 3.8) is 0 Å². The molecule has 1 aromatic carbocycles. The van der Waals surface area contributed by atoms with E-state index in [1.54, 1.807) is 30.3 Å². The monoisotopic (exact) mass is 410 g/mol. The summed E-state index contributed by atoms with van der Waals surface area (Å²) >= 11 is 7.63. The Balaban J connectivity index is 2.30. The lowest BCUT2D eigenvalue weighted by Crippen LogP contribution is -2.11. The highest BCUT2D eigenvalue weighted by Gasteiger charge is 2.16. The van der Waals surface area contributed by atoms with Gasteiger partial charge in [-0.05, 0) is 62.2 Å². The molecule has 0 fully saturated rings. The minimum absolute atomic E-state index is 0.252. The third kappa shape index (κ3) is 3.05. The lowest BCUT2D eigenvalue weighted by Gasteiger charge is -2.07. The van der Waals surface area contributed by atoms with Gasteiger partial charge in [0.15, 0.2) is 0 Å². The van der Waals surface area contributed by atoms with Crippen molar-refractivity contribution in [1.29, 1.82) is 0 Å². The zero-order chi connectivity index (χ0) is 13.3. The molecule has 2 aromatic rings. The summed E-state index contributed by atoms with van der Waals surface area (Å²) in [7, 11) is -3.55. The Morgan fingerprint density at radius 3 is 2.44 bits per heavy atom. The zero-order valence-corrected chi connectivity index (χ0v) is 13.7. The maximum Gasteiger partial charge on any atom is 0.271 e. The van der Waals surface area contributed by atoms with Gasteiger partial charge in [0.1, 0.15) is 4.21 Å². The van der Waals surface area contributed by atoms with Crippen molar-refractivity contribution in [1.82, 2.24) is 0 Å². The first-order chi connectivity index (χ1) is 8.38. The van der Waals surface area contributed by atoms with E-state index >= 15 is 0 Å². The molecule has 0 saturated heterocycles. The fraction of sp³-hybridized carbons (Fsp3) is 0. The maximum atomic E-state index is 12.0. The van der Waals surface area contributed by atoms with Gasteiger partial charge in [-0.1, -0.05) is 0 Å². The fourth-order valence-electron chi connectivity index (χ4n) is 1.24. The molecule has 96 valence electrons. The Bertz CT molecular complexity index is 683. The lowest BCUT2D eigenvalue weighted by molar-refractivity contribution is 0.603. The average Bonchev–Trinajstić information content (AvgIpc) is 2.71. The van der Waals surface area contributed by atoms with Crippen molar-refractivity contribution in [2.24, 2.45) is 0 Å². The molecule has 3 N–H and O–H groups in total. The highest BCUT2D eigenvalue weighted by molar-refractivity contribution is 9.11. The smallest absolute Gasteiger partial charge is 0.271 e. The summed E-state index contributed by atoms with van der Waals surface area (Å²) < 4.78 is 28.2. The van der Waals surface area contributed by atoms with E-state index in [1.807, 2.05) is 0 Å². The third-order valence-corrected chi connectivity index (χ3v) is 6.25. The molecule has 1 heterocycles. The van der Waals surface area contributed by atoms with Gasteiger partial charge in [-0.3, -0.25) is 4.72 Å². The summed E-state index contributed by atoms with van der Waals surface area (Å²) in [5, 5.41) is 0. The summed E-state index contributed by atoms with van der Waals surface area (Å²) in [6, 6.07) is 8.10. The molecule has 4 nitrogen and oxygen atoms in total. The molecule has 0 bridgehead atoms. The summed E-state index contributed by atoms with van der Waals surface area (Å²) in [4.78, 5) is 0. The van der Waals surface area contributed by atoms with Crippen LogP contribution in [-0.2, 0) is 10.0 Å². The molecule has 0 aliphatic carbocycles. The average molecular weight is 412 g/mol. The van der Waals surface area contributed by atoms with Gasteiger partial charge >= 0.3 is 0 Å². The highest BCUT2D eigenvalue weighted by Crippen LogP contribution is 2.29. The summed E-state index contributed by atoms with van der Waals surface area (Å²) in [6.07, 6.45) is 0. The minimum Gasteiger partial charge on any atom is -0.398 e. The predicted octanol–water partition coefficient (Wildman–Crippen LogP) is 3.66. The summed E-state index contributed by atoms with van der Waals surface area (Å²) in [5.74, 6) is 0. The first-order valence-corrected chi connectivity index (χ1v) is 8.60. The normalized spacial score (nSPS) is 11.4. The Morgan fingerprint density at radius 2 is 1.89 bits per heavy atom. The minimum atomic E-state index is -3.55. The van der Waals surface area contributed by atoms with E-state index < -0.39 is 10.0 Å². The number of benzene rings is 1. The van der Waals surface area contributed by atoms with E-state index in [1.165, 1.54) is 0 Å². The van der Waals surface area contributed by atoms with Gasteiger partial charge < -0.3 is 5.73 Å². The molecule has 0 aliphatic rings. The first-order valence-electron chi connectivity index (χ1n) is 4.72. The van der Waals surface area contributed by atoms with Crippen molar-refractivity contribution >= 4 is 64.6 Å². The van der Waals surface area contributed by atoms with E-state index in [0.717, 1.165) is 15.1 Å². The second-order valence-corrected chi connectivity index (χ2v) is 8.63. The number of nitrogens with one attached hydrogen (secondary N) is 1. The first kappa shape index (κ1) is 13.9. The van der Waals surface area contributed by atoms with Crippen LogP contribution in [0.1, 0.15) is 0 Å². The van der Waals surface area contributed by atoms with Crippen LogP contribution in [-0.4, -0.2) is 8.42 Å². The number of nitrogen functional groups attached to an aromatic ring is 1. The molecule has 1 aromatic heterocycles. The summed E-state index contributed by atoms with van der Waals surface area (Å²) in [5.41, 5.74) is 6.65. The Hall–Kier alpha value is -0.570. The van der Waals surface area contributed by atoms with Gasteiger partial charge in [-0.2, -0.15) is 0 Å². The molecule has 8 heteroatoms. The zero-order valence-electron chi connectivity index (χ0n) is 8.85. The van der Waals surface area contributed by atoms with Crippen molar-refractivity contribution in [2.45, 2.75) is 4.21 Å². The molecule has 2 rings (SSSR count). The van der Waals surface area contributed by atoms with Gasteiger partial charge in [0, 0.05) is 10.2 Å². The predicted molar refractivity (Wildman–Crippen MR) is 81.4 cm³/mol. The number of anilines is 2. The molecule has 0 saturated carbocycles. The van der Waals surface area contributed by atoms with Crippen LogP contribution in [0.3, 0.4) is 0 Å². The van der Waals surface area contributed by atoms with Crippen LogP contribution in [0.4, 0.5) is 11.4 Å². The Labute approximate surface area is 126 Å². The number of hydrogen-bond donors (Lipinski definition) is 2. The third-order valence-electron chi connectivity index (χ3n) is 2.07. The van der Waals surface area contributed by atoms with Crippen LogP contribution in [0, 0.1) is 0 Å². The van der Waals surface area contributed by atoms with Crippen molar-refractivity contribution < 1.29 is 8.42 Å². The fourth-order valence-corrected chi connectivity index (χ4v) is 4.68. The van der Waals surface area contributed by atoms with Gasteiger partial charge in [-0.15, -0.1) is 11.3 Å². The van der Waals surface area contributed by atoms with Crippen LogP contribution in [0.2, 0.25) is 0 Å². The second-order valence-electron chi connectivity index (χ2n) is 3.40. The summed E-state index contributed by atoms with van der Waals surface area (Å²) in [6.45, 7) is 0. The Kier molecular flexibility index (Phi) is 4.00. The maximum absolute atomic E-state index is 12.0. The molecule has 0 aliphatic heterocycles. The second kappa shape index (κ2) is 5.20. The van der Waals surface area contributed by atoms with Crippen LogP contribution in [0.25, 0.3) is 0 Å². The largest absolute Gasteiger partial charge is 0.398 e. The molecule has 0 spiro atoms. The van der Waals surface area contributed by atoms with Crippen LogP contribution in [0.5, 0.6) is 0 Å². The molecule has 18 heavy (non-hydrogen) atoms. The van der Waals surface area contributed by atoms with E-state index in [9.17, 15) is 8.42 Å². The molecule has 0 amide bonds. The van der Waals surface area contributed by atoms with Crippen LogP contribution < -0.4 is 10.5 Å². The van der Waals surface area contributed by atoms with E-state index in [-0.39, 0.29) is 4.21 Å². The van der Waals surface area contributed by atoms with Gasteiger partial charge in [-0.25, -0.2) is 8.42 Å². The van der Waals surface area contributed by atoms with E-state index in [2.05, 4.69) is 36.6 Å². The van der Waals surface area contributed by atoms with Crippen molar-refractivity contribution in [3.05, 3.63) is 38.6 Å². The highest BCUT2D eigenvalue weighted by atomic mass is 79.9. The van der Waals surface area contributed by atoms with Gasteiger partial charge in [0.2, 0.25) is 0 Å². The number of thiophene rings is 1.